The molecule has 0 spiro atoms. The molecule has 0 bridgehead atoms. The van der Waals surface area contributed by atoms with Crippen LogP contribution < -0.4 is 16.0 Å². The summed E-state index contributed by atoms with van der Waals surface area (Å²) in [4.78, 5) is 26.2. The molecule has 0 aliphatic carbocycles. The molecule has 2 heterocycles. The summed E-state index contributed by atoms with van der Waals surface area (Å²) in [5, 5.41) is 8.59. The fourth-order valence-corrected chi connectivity index (χ4v) is 3.85. The minimum atomic E-state index is -3.25. The van der Waals surface area contributed by atoms with E-state index in [1.165, 1.54) is 17.0 Å². The van der Waals surface area contributed by atoms with Crippen LogP contribution in [0.3, 0.4) is 0 Å². The molecule has 10 heteroatoms. The van der Waals surface area contributed by atoms with Gasteiger partial charge in [0.15, 0.2) is 16.1 Å². The fraction of sp³-hybridized carbons (Fsp3) is 0.529. The second-order valence-electron chi connectivity index (χ2n) is 6.78. The summed E-state index contributed by atoms with van der Waals surface area (Å²) in [6.45, 7) is 2.92. The lowest BCUT2D eigenvalue weighted by atomic mass is 10.1. The van der Waals surface area contributed by atoms with Gasteiger partial charge >= 0.3 is 12.1 Å². The van der Waals surface area contributed by atoms with Crippen LogP contribution in [0.25, 0.3) is 0 Å². The zero-order valence-corrected chi connectivity index (χ0v) is 16.1. The molecule has 2 aliphatic heterocycles. The van der Waals surface area contributed by atoms with E-state index in [-0.39, 0.29) is 17.0 Å². The summed E-state index contributed by atoms with van der Waals surface area (Å²) in [6, 6.07) is 5.20. The van der Waals surface area contributed by atoms with Crippen molar-refractivity contribution < 1.29 is 22.7 Å². The van der Waals surface area contributed by atoms with Crippen molar-refractivity contribution in [2.75, 3.05) is 19.5 Å². The first-order chi connectivity index (χ1) is 12.8. The van der Waals surface area contributed by atoms with Gasteiger partial charge in [-0.15, -0.1) is 0 Å². The number of sulfone groups is 1. The van der Waals surface area contributed by atoms with Crippen LogP contribution in [0.15, 0.2) is 29.2 Å². The number of hydrogen-bond donors (Lipinski definition) is 3. The molecule has 1 aromatic carbocycles. The second kappa shape index (κ2) is 7.83. The number of imide groups is 1. The van der Waals surface area contributed by atoms with Gasteiger partial charge in [0, 0.05) is 31.6 Å². The Bertz CT molecular complexity index is 787. The number of carbonyl (C=O) groups is 2. The average Bonchev–Trinajstić information content (AvgIpc) is 2.61. The predicted octanol–water partition coefficient (Wildman–Crippen LogP) is 0.938. The highest BCUT2D eigenvalue weighted by molar-refractivity contribution is 7.90. The van der Waals surface area contributed by atoms with E-state index in [1.54, 1.807) is 12.1 Å². The van der Waals surface area contributed by atoms with Crippen LogP contribution in [-0.2, 0) is 14.6 Å². The topological polar surface area (TPSA) is 117 Å². The Morgan fingerprint density at radius 2 is 1.67 bits per heavy atom. The van der Waals surface area contributed by atoms with Crippen LogP contribution in [0.2, 0.25) is 0 Å². The first kappa shape index (κ1) is 19.6. The molecule has 0 unspecified atom stereocenters. The van der Waals surface area contributed by atoms with Gasteiger partial charge in [0.05, 0.1) is 4.90 Å². The number of nitrogens with zero attached hydrogens (tertiary/aromatic N) is 1. The van der Waals surface area contributed by atoms with Crippen LogP contribution >= 0.6 is 0 Å². The third kappa shape index (κ3) is 4.57. The van der Waals surface area contributed by atoms with E-state index in [0.717, 1.165) is 11.8 Å². The molecular formula is C17H24N4O5S. The number of rotatable bonds is 5. The van der Waals surface area contributed by atoms with Gasteiger partial charge in [-0.25, -0.2) is 22.9 Å². The first-order valence-corrected chi connectivity index (χ1v) is 10.7. The van der Waals surface area contributed by atoms with Crippen molar-refractivity contribution in [3.63, 3.8) is 0 Å². The lowest BCUT2D eigenvalue weighted by molar-refractivity contribution is 0.0492. The van der Waals surface area contributed by atoms with Crippen LogP contribution in [0.5, 0.6) is 0 Å². The molecule has 1 atom stereocenters. The third-order valence-corrected chi connectivity index (χ3v) is 5.88. The molecule has 0 saturated carbocycles. The highest BCUT2D eigenvalue weighted by Crippen LogP contribution is 2.19. The molecule has 2 saturated heterocycles. The van der Waals surface area contributed by atoms with E-state index in [1.807, 2.05) is 6.92 Å². The van der Waals surface area contributed by atoms with Crippen molar-refractivity contribution in [1.82, 2.24) is 20.9 Å². The Morgan fingerprint density at radius 1 is 1.11 bits per heavy atom. The molecule has 3 N–H and O–H groups in total. The van der Waals surface area contributed by atoms with Gasteiger partial charge in [-0.3, -0.25) is 5.32 Å². The standard InChI is InChI=1S/C17H24N4O5S/c1-11(12-3-5-14(6-4-12)27(2,24)25)18-15-19-16(22)21(17(23)20-15)13-7-9-26-10-8-13/h3-6,11,13,15,18H,7-10H2,1-2H3,(H,19,22)(H,20,23)/t11-/m0/s1. The van der Waals surface area contributed by atoms with Crippen LogP contribution in [0, 0.1) is 0 Å². The zero-order chi connectivity index (χ0) is 19.6. The van der Waals surface area contributed by atoms with E-state index in [4.69, 9.17) is 4.74 Å². The smallest absolute Gasteiger partial charge is 0.328 e. The Kier molecular flexibility index (Phi) is 5.68. The van der Waals surface area contributed by atoms with E-state index in [0.29, 0.717) is 26.1 Å². The SMILES string of the molecule is C[C@H](NC1NC(=O)N(C2CCOCC2)C(=O)N1)c1ccc(S(C)(=O)=O)cc1. The maximum Gasteiger partial charge on any atom is 0.328 e. The van der Waals surface area contributed by atoms with Gasteiger partial charge in [0.25, 0.3) is 0 Å². The molecule has 3 rings (SSSR count). The Labute approximate surface area is 158 Å². The number of urea groups is 2. The summed E-state index contributed by atoms with van der Waals surface area (Å²) < 4.78 is 28.4. The van der Waals surface area contributed by atoms with Crippen molar-refractivity contribution in [3.8, 4) is 0 Å². The Balaban J connectivity index is 1.61. The minimum absolute atomic E-state index is 0.166. The van der Waals surface area contributed by atoms with E-state index in [9.17, 15) is 18.0 Å². The van der Waals surface area contributed by atoms with Crippen molar-refractivity contribution in [2.45, 2.75) is 43.0 Å². The van der Waals surface area contributed by atoms with Gasteiger partial charge in [-0.05, 0) is 37.5 Å². The molecule has 27 heavy (non-hydrogen) atoms. The molecular weight excluding hydrogens is 372 g/mol. The normalized spacial score (nSPS) is 20.9. The van der Waals surface area contributed by atoms with Gasteiger partial charge in [0.1, 0.15) is 0 Å². The van der Waals surface area contributed by atoms with E-state index in [2.05, 4.69) is 16.0 Å². The lowest BCUT2D eigenvalue weighted by Gasteiger charge is -2.39. The largest absolute Gasteiger partial charge is 0.381 e. The molecule has 2 aliphatic rings. The number of ether oxygens (including phenoxy) is 1. The van der Waals surface area contributed by atoms with Crippen LogP contribution in [-0.4, -0.2) is 57.2 Å². The number of hydrogen-bond acceptors (Lipinski definition) is 6. The monoisotopic (exact) mass is 396 g/mol. The van der Waals surface area contributed by atoms with Crippen molar-refractivity contribution in [1.29, 1.82) is 0 Å². The van der Waals surface area contributed by atoms with Gasteiger partial charge in [0.2, 0.25) is 0 Å². The molecule has 9 nitrogen and oxygen atoms in total. The highest BCUT2D eigenvalue weighted by atomic mass is 32.2. The van der Waals surface area contributed by atoms with E-state index < -0.39 is 28.2 Å². The second-order valence-corrected chi connectivity index (χ2v) is 8.79. The number of carbonyl (C=O) groups excluding carboxylic acids is 2. The molecule has 2 fully saturated rings. The van der Waals surface area contributed by atoms with Crippen molar-refractivity contribution in [3.05, 3.63) is 29.8 Å². The van der Waals surface area contributed by atoms with Crippen molar-refractivity contribution in [2.24, 2.45) is 0 Å². The number of benzene rings is 1. The van der Waals surface area contributed by atoms with Gasteiger partial charge in [-0.2, -0.15) is 0 Å². The summed E-state index contributed by atoms with van der Waals surface area (Å²) in [5.74, 6) is 0. The maximum absolute atomic E-state index is 12.4. The summed E-state index contributed by atoms with van der Waals surface area (Å²) >= 11 is 0. The summed E-state index contributed by atoms with van der Waals surface area (Å²) in [5.41, 5.74) is 0.831. The minimum Gasteiger partial charge on any atom is -0.381 e. The number of amides is 4. The summed E-state index contributed by atoms with van der Waals surface area (Å²) in [7, 11) is -3.25. The zero-order valence-electron chi connectivity index (χ0n) is 15.3. The molecule has 0 radical (unpaired) electrons. The fourth-order valence-electron chi connectivity index (χ4n) is 3.22. The summed E-state index contributed by atoms with van der Waals surface area (Å²) in [6.07, 6.45) is 1.69. The molecule has 0 aromatic heterocycles. The Morgan fingerprint density at radius 3 is 2.19 bits per heavy atom. The highest BCUT2D eigenvalue weighted by Gasteiger charge is 2.37. The quantitative estimate of drug-likeness (QED) is 0.682. The lowest BCUT2D eigenvalue weighted by Crippen LogP contribution is -2.70. The molecule has 4 amide bonds. The number of nitrogens with one attached hydrogen (secondary N) is 3. The van der Waals surface area contributed by atoms with E-state index >= 15 is 0 Å². The van der Waals surface area contributed by atoms with Gasteiger partial charge in [-0.1, -0.05) is 12.1 Å². The van der Waals surface area contributed by atoms with Crippen LogP contribution in [0.4, 0.5) is 9.59 Å². The van der Waals surface area contributed by atoms with Gasteiger partial charge < -0.3 is 15.4 Å². The first-order valence-electron chi connectivity index (χ1n) is 8.80. The average molecular weight is 396 g/mol. The maximum atomic E-state index is 12.4. The molecule has 1 aromatic rings. The Hall–Kier alpha value is -2.17. The van der Waals surface area contributed by atoms with Crippen LogP contribution in [0.1, 0.15) is 31.4 Å². The van der Waals surface area contributed by atoms with Crippen molar-refractivity contribution >= 4 is 21.9 Å². The predicted molar refractivity (Wildman–Crippen MR) is 97.6 cm³/mol. The third-order valence-electron chi connectivity index (χ3n) is 4.75. The molecule has 148 valence electrons.